The average Bonchev–Trinajstić information content (AvgIpc) is 2.71. The minimum atomic E-state index is -0.251. The summed E-state index contributed by atoms with van der Waals surface area (Å²) in [5.41, 5.74) is 0.412. The third-order valence-corrected chi connectivity index (χ3v) is 3.22. The van der Waals surface area contributed by atoms with E-state index in [9.17, 15) is 9.59 Å². The second-order valence-corrected chi connectivity index (χ2v) is 4.08. The van der Waals surface area contributed by atoms with Gasteiger partial charge in [0.2, 0.25) is 0 Å². The zero-order valence-corrected chi connectivity index (χ0v) is 9.09. The van der Waals surface area contributed by atoms with Gasteiger partial charge in [-0.05, 0) is 6.92 Å². The Balaban J connectivity index is 2.57. The normalized spacial score (nSPS) is 10.5. The van der Waals surface area contributed by atoms with E-state index in [1.54, 1.807) is 13.1 Å². The number of aromatic nitrogens is 3. The molecule has 0 saturated carbocycles. The van der Waals surface area contributed by atoms with Gasteiger partial charge in [-0.2, -0.15) is 0 Å². The van der Waals surface area contributed by atoms with Gasteiger partial charge in [-0.3, -0.25) is 4.79 Å². The molecular weight excluding hydrogens is 214 g/mol. The summed E-state index contributed by atoms with van der Waals surface area (Å²) in [7, 11) is 0. The maximum absolute atomic E-state index is 11.3. The Morgan fingerprint density at radius 3 is 2.80 bits per heavy atom. The summed E-state index contributed by atoms with van der Waals surface area (Å²) < 4.78 is 1.38. The number of carbonyl (C=O) groups excluding carboxylic acids is 1. The van der Waals surface area contributed by atoms with Crippen molar-refractivity contribution in [3.63, 3.8) is 0 Å². The Labute approximate surface area is 89.4 Å². The highest BCUT2D eigenvalue weighted by Crippen LogP contribution is 2.20. The molecule has 0 fully saturated rings. The maximum Gasteiger partial charge on any atom is 0.331 e. The topological polar surface area (TPSA) is 67.8 Å². The standard InChI is InChI=1S/C9H9N3O2S/c1-5-7(6(2)13)15-9(11-5)12-4-3-10-8(12)14/h3-4H,1-2H3,(H,10,14). The first-order valence-electron chi connectivity index (χ1n) is 4.34. The molecule has 15 heavy (non-hydrogen) atoms. The third-order valence-electron chi connectivity index (χ3n) is 1.96. The number of imidazole rings is 1. The monoisotopic (exact) mass is 223 g/mol. The predicted octanol–water partition coefficient (Wildman–Crippen LogP) is 1.13. The van der Waals surface area contributed by atoms with Gasteiger partial charge in [0.25, 0.3) is 0 Å². The molecule has 0 aliphatic rings. The van der Waals surface area contributed by atoms with E-state index in [1.165, 1.54) is 29.0 Å². The number of ketones is 1. The lowest BCUT2D eigenvalue weighted by molar-refractivity contribution is 0.102. The fourth-order valence-electron chi connectivity index (χ4n) is 1.28. The fraction of sp³-hybridized carbons (Fsp3) is 0.222. The van der Waals surface area contributed by atoms with Crippen LogP contribution in [0.4, 0.5) is 0 Å². The molecule has 0 amide bonds. The van der Waals surface area contributed by atoms with Gasteiger partial charge in [0.05, 0.1) is 10.6 Å². The van der Waals surface area contributed by atoms with Crippen molar-refractivity contribution in [3.8, 4) is 5.13 Å². The van der Waals surface area contributed by atoms with Crippen LogP contribution in [-0.2, 0) is 0 Å². The molecule has 0 unspecified atom stereocenters. The van der Waals surface area contributed by atoms with E-state index in [2.05, 4.69) is 9.97 Å². The van der Waals surface area contributed by atoms with Crippen molar-refractivity contribution >= 4 is 17.1 Å². The van der Waals surface area contributed by atoms with E-state index < -0.39 is 0 Å². The van der Waals surface area contributed by atoms with E-state index in [0.717, 1.165) is 0 Å². The van der Waals surface area contributed by atoms with E-state index in [1.807, 2.05) is 0 Å². The predicted molar refractivity (Wildman–Crippen MR) is 56.8 cm³/mol. The molecule has 0 radical (unpaired) electrons. The summed E-state index contributed by atoms with van der Waals surface area (Å²) in [6, 6.07) is 0. The molecule has 2 aromatic rings. The van der Waals surface area contributed by atoms with Crippen LogP contribution < -0.4 is 5.69 Å². The van der Waals surface area contributed by atoms with Gasteiger partial charge in [-0.15, -0.1) is 0 Å². The van der Waals surface area contributed by atoms with Gasteiger partial charge in [-0.1, -0.05) is 11.3 Å². The molecule has 2 aromatic heterocycles. The fourth-order valence-corrected chi connectivity index (χ4v) is 2.23. The van der Waals surface area contributed by atoms with Crippen LogP contribution in [0.5, 0.6) is 0 Å². The highest BCUT2D eigenvalue weighted by Gasteiger charge is 2.13. The molecule has 0 saturated heterocycles. The smallest absolute Gasteiger partial charge is 0.312 e. The Morgan fingerprint density at radius 2 is 2.33 bits per heavy atom. The summed E-state index contributed by atoms with van der Waals surface area (Å²) >= 11 is 1.22. The van der Waals surface area contributed by atoms with Crippen molar-refractivity contribution in [2.45, 2.75) is 13.8 Å². The molecule has 0 aliphatic carbocycles. The highest BCUT2D eigenvalue weighted by molar-refractivity contribution is 7.16. The van der Waals surface area contributed by atoms with Crippen LogP contribution in [0, 0.1) is 6.92 Å². The zero-order valence-electron chi connectivity index (χ0n) is 8.27. The van der Waals surface area contributed by atoms with Crippen molar-refractivity contribution in [2.75, 3.05) is 0 Å². The number of hydrogen-bond donors (Lipinski definition) is 1. The van der Waals surface area contributed by atoms with Crippen LogP contribution in [0.25, 0.3) is 5.13 Å². The molecule has 2 rings (SSSR count). The number of Topliss-reactive ketones (excluding diaryl/α,β-unsaturated/α-hetero) is 1. The minimum absolute atomic E-state index is 0.0279. The first-order valence-corrected chi connectivity index (χ1v) is 5.16. The lowest BCUT2D eigenvalue weighted by Crippen LogP contribution is -2.13. The summed E-state index contributed by atoms with van der Waals surface area (Å²) in [6.45, 7) is 3.25. The maximum atomic E-state index is 11.3. The summed E-state index contributed by atoms with van der Waals surface area (Å²) in [5.74, 6) is -0.0279. The molecule has 0 atom stereocenters. The molecule has 5 nitrogen and oxygen atoms in total. The second-order valence-electron chi connectivity index (χ2n) is 3.10. The Morgan fingerprint density at radius 1 is 1.60 bits per heavy atom. The molecule has 0 aromatic carbocycles. The van der Waals surface area contributed by atoms with E-state index in [-0.39, 0.29) is 11.5 Å². The van der Waals surface area contributed by atoms with E-state index in [0.29, 0.717) is 15.7 Å². The molecule has 78 valence electrons. The Hall–Kier alpha value is -1.69. The largest absolute Gasteiger partial charge is 0.331 e. The molecule has 0 bridgehead atoms. The Bertz CT molecular complexity index is 564. The summed E-state index contributed by atoms with van der Waals surface area (Å²) in [5, 5.41) is 0.518. The minimum Gasteiger partial charge on any atom is -0.312 e. The molecule has 0 aliphatic heterocycles. The number of nitrogens with one attached hydrogen (secondary N) is 1. The first-order chi connectivity index (χ1) is 7.09. The molecule has 0 spiro atoms. The van der Waals surface area contributed by atoms with Crippen molar-refractivity contribution in [2.24, 2.45) is 0 Å². The zero-order chi connectivity index (χ0) is 11.0. The van der Waals surface area contributed by atoms with Crippen molar-refractivity contribution in [1.82, 2.24) is 14.5 Å². The number of nitrogens with zero attached hydrogens (tertiary/aromatic N) is 2. The van der Waals surface area contributed by atoms with Crippen LogP contribution >= 0.6 is 11.3 Å². The van der Waals surface area contributed by atoms with E-state index in [4.69, 9.17) is 0 Å². The quantitative estimate of drug-likeness (QED) is 0.776. The van der Waals surface area contributed by atoms with Crippen molar-refractivity contribution in [1.29, 1.82) is 0 Å². The van der Waals surface area contributed by atoms with Gasteiger partial charge < -0.3 is 4.98 Å². The van der Waals surface area contributed by atoms with Crippen LogP contribution in [0.2, 0.25) is 0 Å². The number of aryl methyl sites for hydroxylation is 1. The first kappa shape index (κ1) is 9.85. The second kappa shape index (κ2) is 3.47. The summed E-state index contributed by atoms with van der Waals surface area (Å²) in [4.78, 5) is 29.8. The third kappa shape index (κ3) is 1.63. The number of carbonyl (C=O) groups is 1. The van der Waals surface area contributed by atoms with Crippen molar-refractivity contribution in [3.05, 3.63) is 33.4 Å². The van der Waals surface area contributed by atoms with Crippen LogP contribution in [-0.4, -0.2) is 20.3 Å². The van der Waals surface area contributed by atoms with E-state index >= 15 is 0 Å². The number of aromatic amines is 1. The average molecular weight is 223 g/mol. The lowest BCUT2D eigenvalue weighted by Gasteiger charge is -1.90. The number of hydrogen-bond acceptors (Lipinski definition) is 4. The van der Waals surface area contributed by atoms with Crippen molar-refractivity contribution < 1.29 is 4.79 Å². The number of rotatable bonds is 2. The molecule has 1 N–H and O–H groups in total. The van der Waals surface area contributed by atoms with Crippen LogP contribution in [0.3, 0.4) is 0 Å². The molecule has 2 heterocycles. The van der Waals surface area contributed by atoms with Gasteiger partial charge in [0.1, 0.15) is 0 Å². The van der Waals surface area contributed by atoms with Crippen LogP contribution in [0.15, 0.2) is 17.2 Å². The van der Waals surface area contributed by atoms with Crippen LogP contribution in [0.1, 0.15) is 22.3 Å². The lowest BCUT2D eigenvalue weighted by atomic mass is 10.3. The SMILES string of the molecule is CC(=O)c1sc(-n2cc[nH]c2=O)nc1C. The summed E-state index contributed by atoms with van der Waals surface area (Å²) in [6.07, 6.45) is 3.12. The van der Waals surface area contributed by atoms with Gasteiger partial charge in [0, 0.05) is 19.3 Å². The van der Waals surface area contributed by atoms with Gasteiger partial charge in [-0.25, -0.2) is 14.3 Å². The highest BCUT2D eigenvalue weighted by atomic mass is 32.1. The van der Waals surface area contributed by atoms with Gasteiger partial charge >= 0.3 is 5.69 Å². The Kier molecular flexibility index (Phi) is 2.28. The van der Waals surface area contributed by atoms with Gasteiger partial charge in [0.15, 0.2) is 10.9 Å². The molecular formula is C9H9N3O2S. The number of thiazole rings is 1. The number of H-pyrrole nitrogens is 1. The molecule has 6 heteroatoms.